The minimum atomic E-state index is -0.238. The maximum atomic E-state index is 13.2. The van der Waals surface area contributed by atoms with Crippen molar-refractivity contribution in [2.24, 2.45) is 0 Å². The molecule has 6 aromatic rings. The van der Waals surface area contributed by atoms with Gasteiger partial charge in [-0.2, -0.15) is 0 Å². The van der Waals surface area contributed by atoms with Crippen LogP contribution in [-0.2, 0) is 6.42 Å². The monoisotopic (exact) mass is 592 g/mol. The zero-order valence-corrected chi connectivity index (χ0v) is 24.8. The Kier molecular flexibility index (Phi) is 7.30. The van der Waals surface area contributed by atoms with Crippen molar-refractivity contribution in [3.8, 4) is 28.3 Å². The molecule has 0 aliphatic carbocycles. The summed E-state index contributed by atoms with van der Waals surface area (Å²) in [5.74, 6) is 0.337. The predicted octanol–water partition coefficient (Wildman–Crippen LogP) is 8.33. The lowest BCUT2D eigenvalue weighted by Gasteiger charge is -2.24. The summed E-state index contributed by atoms with van der Waals surface area (Å²) in [4.78, 5) is 25.2. The maximum Gasteiger partial charge on any atom is 0.269 e. The van der Waals surface area contributed by atoms with Crippen molar-refractivity contribution >= 4 is 45.7 Å². The van der Waals surface area contributed by atoms with Crippen molar-refractivity contribution in [2.75, 3.05) is 10.2 Å². The van der Waals surface area contributed by atoms with E-state index in [-0.39, 0.29) is 11.9 Å². The number of fused-ring (bicyclic) bond motifs is 2. The summed E-state index contributed by atoms with van der Waals surface area (Å²) in [6.07, 6.45) is 0.918. The standard InChI is InChI=1S/C37H28N4O2S/c1-24-22-28-14-8-9-15-33(28)41(24)37(44)43-30-19-16-27(17-20-30)36(42)38-29-18-21-31-32(23-29)40-35(26-12-6-3-7-13-26)34(39-31)25-10-4-2-5-11-25/h2-21,23-24H,22H2,1H3,(H,38,42)/t24-/m0/s1. The number of para-hydroxylation sites is 1. The van der Waals surface area contributed by atoms with E-state index in [1.54, 1.807) is 24.3 Å². The number of hydrogen-bond acceptors (Lipinski definition) is 5. The van der Waals surface area contributed by atoms with E-state index >= 15 is 0 Å². The van der Waals surface area contributed by atoms with E-state index in [0.29, 0.717) is 27.7 Å². The summed E-state index contributed by atoms with van der Waals surface area (Å²) in [5, 5.41) is 3.39. The predicted molar refractivity (Wildman–Crippen MR) is 180 cm³/mol. The molecule has 7 rings (SSSR count). The van der Waals surface area contributed by atoms with Crippen LogP contribution in [0.5, 0.6) is 5.75 Å². The van der Waals surface area contributed by atoms with Crippen LogP contribution in [0, 0.1) is 0 Å². The Morgan fingerprint density at radius 1 is 0.773 bits per heavy atom. The molecule has 214 valence electrons. The molecule has 2 heterocycles. The first-order valence-electron chi connectivity index (χ1n) is 14.5. The number of amides is 1. The van der Waals surface area contributed by atoms with Crippen LogP contribution >= 0.6 is 12.2 Å². The number of rotatable bonds is 5. The van der Waals surface area contributed by atoms with Gasteiger partial charge in [0.25, 0.3) is 11.1 Å². The quantitative estimate of drug-likeness (QED) is 0.203. The summed E-state index contributed by atoms with van der Waals surface area (Å²) < 4.78 is 6.03. The molecule has 5 aromatic carbocycles. The lowest BCUT2D eigenvalue weighted by Crippen LogP contribution is -2.37. The molecular weight excluding hydrogens is 565 g/mol. The highest BCUT2D eigenvalue weighted by atomic mass is 32.1. The second-order valence-electron chi connectivity index (χ2n) is 10.8. The van der Waals surface area contributed by atoms with Crippen LogP contribution in [0.4, 0.5) is 11.4 Å². The van der Waals surface area contributed by atoms with E-state index in [0.717, 1.165) is 40.1 Å². The molecule has 7 heteroatoms. The number of benzene rings is 5. The number of hydrogen-bond donors (Lipinski definition) is 1. The van der Waals surface area contributed by atoms with Gasteiger partial charge in [0.15, 0.2) is 0 Å². The summed E-state index contributed by atoms with van der Waals surface area (Å²) in [5.41, 5.74) is 8.46. The smallest absolute Gasteiger partial charge is 0.269 e. The fourth-order valence-electron chi connectivity index (χ4n) is 5.60. The molecule has 0 saturated carbocycles. The average molecular weight is 593 g/mol. The van der Waals surface area contributed by atoms with Gasteiger partial charge < -0.3 is 10.1 Å². The summed E-state index contributed by atoms with van der Waals surface area (Å²) >= 11 is 5.65. The third-order valence-corrected chi connectivity index (χ3v) is 8.02. The van der Waals surface area contributed by atoms with Crippen molar-refractivity contribution < 1.29 is 9.53 Å². The molecule has 0 bridgehead atoms. The topological polar surface area (TPSA) is 67.3 Å². The van der Waals surface area contributed by atoms with Crippen LogP contribution in [0.15, 0.2) is 127 Å². The van der Waals surface area contributed by atoms with Crippen LogP contribution in [-0.4, -0.2) is 27.1 Å². The van der Waals surface area contributed by atoms with Gasteiger partial charge in [-0.05, 0) is 79.7 Å². The molecule has 0 fully saturated rings. The minimum Gasteiger partial charge on any atom is -0.432 e. The number of carbonyl (C=O) groups is 1. The third-order valence-electron chi connectivity index (χ3n) is 7.74. The van der Waals surface area contributed by atoms with Gasteiger partial charge in [-0.1, -0.05) is 78.9 Å². The Bertz CT molecular complexity index is 2000. The second kappa shape index (κ2) is 11.7. The van der Waals surface area contributed by atoms with Crippen LogP contribution in [0.3, 0.4) is 0 Å². The van der Waals surface area contributed by atoms with Crippen molar-refractivity contribution in [3.05, 3.63) is 139 Å². The first kappa shape index (κ1) is 27.4. The van der Waals surface area contributed by atoms with Crippen LogP contribution in [0.1, 0.15) is 22.8 Å². The number of aromatic nitrogens is 2. The zero-order valence-electron chi connectivity index (χ0n) is 24.0. The molecule has 1 atom stereocenters. The van der Waals surface area contributed by atoms with Gasteiger partial charge in [0.1, 0.15) is 5.75 Å². The molecule has 1 aliphatic rings. The fourth-order valence-corrected chi connectivity index (χ4v) is 5.97. The first-order chi connectivity index (χ1) is 21.5. The van der Waals surface area contributed by atoms with Crippen LogP contribution < -0.4 is 15.0 Å². The van der Waals surface area contributed by atoms with Gasteiger partial charge in [0.05, 0.1) is 22.4 Å². The molecule has 1 N–H and O–H groups in total. The maximum absolute atomic E-state index is 13.2. The minimum absolute atomic E-state index is 0.213. The number of nitrogens with zero attached hydrogens (tertiary/aromatic N) is 3. The first-order valence-corrected chi connectivity index (χ1v) is 14.9. The summed E-state index contributed by atoms with van der Waals surface area (Å²) in [7, 11) is 0. The van der Waals surface area contributed by atoms with E-state index in [4.69, 9.17) is 26.9 Å². The Labute approximate surface area is 261 Å². The van der Waals surface area contributed by atoms with Gasteiger partial charge >= 0.3 is 0 Å². The normalized spacial score (nSPS) is 13.8. The zero-order chi connectivity index (χ0) is 30.0. The number of nitrogens with one attached hydrogen (secondary N) is 1. The number of carbonyl (C=O) groups excluding carboxylic acids is 1. The summed E-state index contributed by atoms with van der Waals surface area (Å²) in [6, 6.07) is 41.1. The van der Waals surface area contributed by atoms with E-state index in [2.05, 4.69) is 24.4 Å². The van der Waals surface area contributed by atoms with E-state index in [1.807, 2.05) is 95.9 Å². The number of ether oxygens (including phenoxy) is 1. The van der Waals surface area contributed by atoms with Gasteiger partial charge in [-0.3, -0.25) is 9.69 Å². The molecule has 1 amide bonds. The van der Waals surface area contributed by atoms with Gasteiger partial charge in [0.2, 0.25) is 0 Å². The van der Waals surface area contributed by atoms with Gasteiger partial charge in [0, 0.05) is 34.1 Å². The van der Waals surface area contributed by atoms with Crippen molar-refractivity contribution in [2.45, 2.75) is 19.4 Å². The number of thiocarbonyl (C=S) groups is 1. The molecule has 0 saturated heterocycles. The Hall–Kier alpha value is -5.40. The Morgan fingerprint density at radius 3 is 2.07 bits per heavy atom. The molecule has 0 spiro atoms. The highest BCUT2D eigenvalue weighted by molar-refractivity contribution is 7.80. The lowest BCUT2D eigenvalue weighted by atomic mass is 10.0. The number of anilines is 2. The molecular formula is C37H28N4O2S. The van der Waals surface area contributed by atoms with Crippen molar-refractivity contribution in [3.63, 3.8) is 0 Å². The van der Waals surface area contributed by atoms with Crippen LogP contribution in [0.2, 0.25) is 0 Å². The molecule has 1 aliphatic heterocycles. The third kappa shape index (κ3) is 5.41. The molecule has 6 nitrogen and oxygen atoms in total. The van der Waals surface area contributed by atoms with E-state index in [9.17, 15) is 4.79 Å². The van der Waals surface area contributed by atoms with Crippen LogP contribution in [0.25, 0.3) is 33.5 Å². The second-order valence-corrected chi connectivity index (χ2v) is 11.1. The Morgan fingerprint density at radius 2 is 1.39 bits per heavy atom. The molecule has 0 unspecified atom stereocenters. The molecule has 0 radical (unpaired) electrons. The SMILES string of the molecule is C[C@H]1Cc2ccccc2N1C(=S)Oc1ccc(C(=O)Nc2ccc3nc(-c4ccccc4)c(-c4ccccc4)nc3c2)cc1. The highest BCUT2D eigenvalue weighted by Gasteiger charge is 2.29. The molecule has 44 heavy (non-hydrogen) atoms. The van der Waals surface area contributed by atoms with Crippen molar-refractivity contribution in [1.29, 1.82) is 0 Å². The van der Waals surface area contributed by atoms with Gasteiger partial charge in [-0.15, -0.1) is 0 Å². The van der Waals surface area contributed by atoms with E-state index < -0.39 is 0 Å². The fraction of sp³-hybridized carbons (Fsp3) is 0.0811. The molecule has 1 aromatic heterocycles. The highest BCUT2D eigenvalue weighted by Crippen LogP contribution is 2.33. The van der Waals surface area contributed by atoms with E-state index in [1.165, 1.54) is 5.56 Å². The Balaban J connectivity index is 1.10. The summed E-state index contributed by atoms with van der Waals surface area (Å²) in [6.45, 7) is 2.13. The van der Waals surface area contributed by atoms with Crippen molar-refractivity contribution in [1.82, 2.24) is 9.97 Å². The lowest BCUT2D eigenvalue weighted by molar-refractivity contribution is 0.102. The van der Waals surface area contributed by atoms with Gasteiger partial charge in [-0.25, -0.2) is 9.97 Å². The largest absolute Gasteiger partial charge is 0.432 e. The average Bonchev–Trinajstić information content (AvgIpc) is 3.41.